The first-order valence-electron chi connectivity index (χ1n) is 5.71. The smallest absolute Gasteiger partial charge is 0.419 e. The van der Waals surface area contributed by atoms with Crippen LogP contribution < -0.4 is 10.5 Å². The average Bonchev–Trinajstić information content (AvgIpc) is 2.83. The number of oxime groups is 1. The fourth-order valence-electron chi connectivity index (χ4n) is 1.71. The topological polar surface area (TPSA) is 56.8 Å². The van der Waals surface area contributed by atoms with Crippen molar-refractivity contribution in [1.29, 1.82) is 0 Å². The van der Waals surface area contributed by atoms with Gasteiger partial charge < -0.3 is 15.3 Å². The van der Waals surface area contributed by atoms with Crippen molar-refractivity contribution in [2.24, 2.45) is 10.9 Å². The molecular formula is C12H14ClF3N2O2. The van der Waals surface area contributed by atoms with Crippen LogP contribution >= 0.6 is 12.4 Å². The number of benzene rings is 1. The summed E-state index contributed by atoms with van der Waals surface area (Å²) in [5.74, 6) is -0.209. The SMILES string of the molecule is Cl.NCC1=NOC(COc2ccccc2C(F)(F)F)C1. The van der Waals surface area contributed by atoms with Crippen LogP contribution in [0.5, 0.6) is 5.75 Å². The van der Waals surface area contributed by atoms with Gasteiger partial charge in [0.15, 0.2) is 6.10 Å². The number of ether oxygens (including phenoxy) is 1. The monoisotopic (exact) mass is 310 g/mol. The molecule has 0 bridgehead atoms. The van der Waals surface area contributed by atoms with Crippen LogP contribution in [0.2, 0.25) is 0 Å². The van der Waals surface area contributed by atoms with Crippen molar-refractivity contribution in [2.45, 2.75) is 18.7 Å². The van der Waals surface area contributed by atoms with E-state index in [0.717, 1.165) is 6.07 Å². The van der Waals surface area contributed by atoms with Crippen LogP contribution in [0.4, 0.5) is 13.2 Å². The van der Waals surface area contributed by atoms with Gasteiger partial charge in [0.1, 0.15) is 12.4 Å². The molecule has 0 amide bonds. The Balaban J connectivity index is 0.00000200. The molecule has 1 unspecified atom stereocenters. The molecule has 20 heavy (non-hydrogen) atoms. The summed E-state index contributed by atoms with van der Waals surface area (Å²) >= 11 is 0. The van der Waals surface area contributed by atoms with E-state index in [-0.39, 0.29) is 37.4 Å². The Morgan fingerprint density at radius 1 is 1.35 bits per heavy atom. The minimum absolute atomic E-state index is 0. The van der Waals surface area contributed by atoms with Gasteiger partial charge in [0.25, 0.3) is 0 Å². The molecule has 1 atom stereocenters. The van der Waals surface area contributed by atoms with Crippen LogP contribution in [0.15, 0.2) is 29.4 Å². The number of nitrogens with zero attached hydrogens (tertiary/aromatic N) is 1. The van der Waals surface area contributed by atoms with Crippen LogP contribution in [-0.4, -0.2) is 25.0 Å². The molecule has 0 fully saturated rings. The third-order valence-electron chi connectivity index (χ3n) is 2.65. The lowest BCUT2D eigenvalue weighted by atomic mass is 10.2. The lowest BCUT2D eigenvalue weighted by Crippen LogP contribution is -2.21. The average molecular weight is 311 g/mol. The number of hydrogen-bond donors (Lipinski definition) is 1. The number of nitrogens with two attached hydrogens (primary N) is 1. The number of para-hydroxylation sites is 1. The van der Waals surface area contributed by atoms with E-state index in [1.54, 1.807) is 0 Å². The maximum Gasteiger partial charge on any atom is 0.419 e. The first kappa shape index (κ1) is 16.6. The van der Waals surface area contributed by atoms with Crippen LogP contribution in [0, 0.1) is 0 Å². The van der Waals surface area contributed by atoms with Gasteiger partial charge in [-0.1, -0.05) is 17.3 Å². The molecule has 0 saturated carbocycles. The summed E-state index contributed by atoms with van der Waals surface area (Å²) in [6.07, 6.45) is -4.35. The summed E-state index contributed by atoms with van der Waals surface area (Å²) < 4.78 is 43.3. The second kappa shape index (κ2) is 6.81. The van der Waals surface area contributed by atoms with Gasteiger partial charge in [-0.15, -0.1) is 12.4 Å². The fourth-order valence-corrected chi connectivity index (χ4v) is 1.71. The van der Waals surface area contributed by atoms with E-state index < -0.39 is 11.7 Å². The van der Waals surface area contributed by atoms with Crippen molar-refractivity contribution < 1.29 is 22.7 Å². The molecule has 0 saturated heterocycles. The molecule has 0 spiro atoms. The highest BCUT2D eigenvalue weighted by Gasteiger charge is 2.34. The van der Waals surface area contributed by atoms with E-state index in [1.165, 1.54) is 18.2 Å². The molecular weight excluding hydrogens is 297 g/mol. The Bertz CT molecular complexity index is 480. The third kappa shape index (κ3) is 4.01. The summed E-state index contributed by atoms with van der Waals surface area (Å²) in [5, 5.41) is 3.71. The van der Waals surface area contributed by atoms with E-state index in [0.29, 0.717) is 12.1 Å². The molecule has 112 valence electrons. The van der Waals surface area contributed by atoms with E-state index >= 15 is 0 Å². The first-order valence-corrected chi connectivity index (χ1v) is 5.71. The lowest BCUT2D eigenvalue weighted by molar-refractivity contribution is -0.139. The molecule has 1 aromatic rings. The molecule has 1 heterocycles. The number of alkyl halides is 3. The van der Waals surface area contributed by atoms with Gasteiger partial charge in [-0.05, 0) is 12.1 Å². The zero-order valence-electron chi connectivity index (χ0n) is 10.4. The standard InChI is InChI=1S/C12H13F3N2O2.ClH/c13-12(14,15)10-3-1-2-4-11(10)18-7-9-5-8(6-16)17-19-9;/h1-4,9H,5-7,16H2;1H. The lowest BCUT2D eigenvalue weighted by Gasteiger charge is -2.15. The highest BCUT2D eigenvalue weighted by molar-refractivity contribution is 5.87. The quantitative estimate of drug-likeness (QED) is 0.930. The first-order chi connectivity index (χ1) is 9.00. The predicted octanol–water partition coefficient (Wildman–Crippen LogP) is 2.61. The van der Waals surface area contributed by atoms with E-state index in [2.05, 4.69) is 5.16 Å². The molecule has 4 nitrogen and oxygen atoms in total. The molecule has 1 aliphatic heterocycles. The van der Waals surface area contributed by atoms with E-state index in [1.807, 2.05) is 0 Å². The highest BCUT2D eigenvalue weighted by Crippen LogP contribution is 2.36. The Labute approximate surface area is 120 Å². The minimum atomic E-state index is -4.44. The van der Waals surface area contributed by atoms with Gasteiger partial charge in [0.2, 0.25) is 0 Å². The van der Waals surface area contributed by atoms with E-state index in [4.69, 9.17) is 15.3 Å². The van der Waals surface area contributed by atoms with Crippen molar-refractivity contribution in [3.05, 3.63) is 29.8 Å². The Morgan fingerprint density at radius 2 is 2.05 bits per heavy atom. The molecule has 0 aromatic heterocycles. The van der Waals surface area contributed by atoms with Gasteiger partial charge in [-0.3, -0.25) is 0 Å². The summed E-state index contributed by atoms with van der Waals surface area (Å²) in [6.45, 7) is 0.274. The van der Waals surface area contributed by atoms with Crippen LogP contribution in [0.1, 0.15) is 12.0 Å². The van der Waals surface area contributed by atoms with Crippen molar-refractivity contribution in [1.82, 2.24) is 0 Å². The molecule has 0 aliphatic carbocycles. The van der Waals surface area contributed by atoms with Gasteiger partial charge in [-0.2, -0.15) is 13.2 Å². The van der Waals surface area contributed by atoms with Crippen molar-refractivity contribution in [2.75, 3.05) is 13.2 Å². The van der Waals surface area contributed by atoms with Gasteiger partial charge >= 0.3 is 6.18 Å². The second-order valence-electron chi connectivity index (χ2n) is 4.10. The number of halogens is 4. The van der Waals surface area contributed by atoms with Crippen molar-refractivity contribution >= 4 is 18.1 Å². The molecule has 0 radical (unpaired) electrons. The minimum Gasteiger partial charge on any atom is -0.489 e. The normalized spacial score (nSPS) is 18.0. The zero-order chi connectivity index (χ0) is 13.9. The molecule has 8 heteroatoms. The van der Waals surface area contributed by atoms with Crippen LogP contribution in [0.25, 0.3) is 0 Å². The summed E-state index contributed by atoms with van der Waals surface area (Å²) in [6, 6.07) is 5.06. The maximum atomic E-state index is 12.7. The summed E-state index contributed by atoms with van der Waals surface area (Å²) in [7, 11) is 0. The number of rotatable bonds is 4. The summed E-state index contributed by atoms with van der Waals surface area (Å²) in [5.41, 5.74) is 5.26. The molecule has 2 N–H and O–H groups in total. The Kier molecular flexibility index (Phi) is 5.64. The van der Waals surface area contributed by atoms with Gasteiger partial charge in [0, 0.05) is 13.0 Å². The highest BCUT2D eigenvalue weighted by atomic mass is 35.5. The molecule has 1 aliphatic rings. The van der Waals surface area contributed by atoms with Crippen molar-refractivity contribution in [3.8, 4) is 5.75 Å². The van der Waals surface area contributed by atoms with Gasteiger partial charge in [0.05, 0.1) is 11.3 Å². The second-order valence-corrected chi connectivity index (χ2v) is 4.10. The third-order valence-corrected chi connectivity index (χ3v) is 2.65. The maximum absolute atomic E-state index is 12.7. The van der Waals surface area contributed by atoms with E-state index in [9.17, 15) is 13.2 Å². The Hall–Kier alpha value is -1.47. The molecule has 1 aromatic carbocycles. The fraction of sp³-hybridized carbons (Fsp3) is 0.417. The van der Waals surface area contributed by atoms with Crippen molar-refractivity contribution in [3.63, 3.8) is 0 Å². The number of hydrogen-bond acceptors (Lipinski definition) is 4. The van der Waals surface area contributed by atoms with Crippen LogP contribution in [-0.2, 0) is 11.0 Å². The Morgan fingerprint density at radius 3 is 2.65 bits per heavy atom. The largest absolute Gasteiger partial charge is 0.489 e. The molecule has 2 rings (SSSR count). The summed E-state index contributed by atoms with van der Waals surface area (Å²) in [4.78, 5) is 5.01. The zero-order valence-corrected chi connectivity index (χ0v) is 11.2. The van der Waals surface area contributed by atoms with Gasteiger partial charge in [-0.25, -0.2) is 0 Å². The van der Waals surface area contributed by atoms with Crippen LogP contribution in [0.3, 0.4) is 0 Å². The predicted molar refractivity (Wildman–Crippen MR) is 70.2 cm³/mol.